The molecule has 0 fully saturated rings. The normalized spacial score (nSPS) is 13.2. The molecular weight excluding hydrogens is 186 g/mol. The first-order valence-corrected chi connectivity index (χ1v) is 4.42. The van der Waals surface area contributed by atoms with Gasteiger partial charge in [-0.2, -0.15) is 0 Å². The van der Waals surface area contributed by atoms with Crippen molar-refractivity contribution in [2.45, 2.75) is 38.8 Å². The lowest BCUT2D eigenvalue weighted by Crippen LogP contribution is -2.53. The molecule has 0 aliphatic heterocycles. The Morgan fingerprint density at radius 2 is 2.00 bits per heavy atom. The van der Waals surface area contributed by atoms with E-state index in [-0.39, 0.29) is 12.2 Å². The van der Waals surface area contributed by atoms with Crippen LogP contribution in [0.3, 0.4) is 0 Å². The van der Waals surface area contributed by atoms with Crippen molar-refractivity contribution in [3.05, 3.63) is 0 Å². The van der Waals surface area contributed by atoms with E-state index in [1.54, 1.807) is 6.92 Å². The van der Waals surface area contributed by atoms with Gasteiger partial charge in [-0.05, 0) is 13.8 Å². The van der Waals surface area contributed by atoms with Gasteiger partial charge in [0.25, 0.3) is 0 Å². The molecule has 0 spiro atoms. The Hall–Kier alpha value is -1.10. The van der Waals surface area contributed by atoms with E-state index in [1.807, 2.05) is 0 Å². The van der Waals surface area contributed by atoms with Gasteiger partial charge in [-0.15, -0.1) is 0 Å². The monoisotopic (exact) mass is 203 g/mol. The molecule has 5 nitrogen and oxygen atoms in total. The molecule has 0 saturated carbocycles. The summed E-state index contributed by atoms with van der Waals surface area (Å²) in [6, 6.07) is -0.931. The molecule has 0 rings (SSSR count). The van der Waals surface area contributed by atoms with Gasteiger partial charge in [-0.1, -0.05) is 6.92 Å². The number of carbonyl (C=O) groups is 2. The van der Waals surface area contributed by atoms with Crippen LogP contribution in [0.2, 0.25) is 0 Å². The second kappa shape index (κ2) is 4.95. The molecule has 0 bridgehead atoms. The van der Waals surface area contributed by atoms with E-state index >= 15 is 0 Å². The van der Waals surface area contributed by atoms with Crippen LogP contribution in [-0.4, -0.2) is 35.7 Å². The fourth-order valence-corrected chi connectivity index (χ4v) is 1.03. The van der Waals surface area contributed by atoms with Crippen LogP contribution in [0.5, 0.6) is 0 Å². The zero-order valence-corrected chi connectivity index (χ0v) is 8.96. The van der Waals surface area contributed by atoms with Crippen LogP contribution in [0.15, 0.2) is 0 Å². The molecule has 0 unspecified atom stereocenters. The summed E-state index contributed by atoms with van der Waals surface area (Å²) in [6.45, 7) is 4.59. The van der Waals surface area contributed by atoms with E-state index in [9.17, 15) is 14.7 Å². The molecular formula is C9H17NO4. The lowest BCUT2D eigenvalue weighted by Gasteiger charge is -2.27. The molecule has 5 heteroatoms. The maximum absolute atomic E-state index is 11.4. The van der Waals surface area contributed by atoms with Crippen LogP contribution in [0.4, 0.5) is 4.79 Å². The van der Waals surface area contributed by atoms with Crippen LogP contribution in [0, 0.1) is 0 Å². The number of nitrogens with one attached hydrogen (secondary N) is 1. The van der Waals surface area contributed by atoms with Crippen LogP contribution in [0.25, 0.3) is 0 Å². The number of amides is 1. The van der Waals surface area contributed by atoms with Gasteiger partial charge >= 0.3 is 6.09 Å². The van der Waals surface area contributed by atoms with E-state index in [0.717, 1.165) is 0 Å². The first-order chi connectivity index (χ1) is 6.32. The number of Topliss-reactive ketones (excluding diaryl/α,β-unsaturated/α-hetero) is 1. The Morgan fingerprint density at radius 3 is 2.29 bits per heavy atom. The maximum atomic E-state index is 11.4. The van der Waals surface area contributed by atoms with Gasteiger partial charge in [0.05, 0.1) is 12.7 Å². The molecule has 0 aliphatic carbocycles. The third-order valence-electron chi connectivity index (χ3n) is 1.82. The van der Waals surface area contributed by atoms with Gasteiger partial charge in [0.15, 0.2) is 5.78 Å². The first kappa shape index (κ1) is 12.9. The minimum Gasteiger partial charge on any atom is -0.453 e. The maximum Gasteiger partial charge on any atom is 0.407 e. The Balaban J connectivity index is 4.58. The second-order valence-electron chi connectivity index (χ2n) is 3.54. The highest BCUT2D eigenvalue weighted by Crippen LogP contribution is 2.11. The number of methoxy groups -OCH3 is 1. The zero-order chi connectivity index (χ0) is 11.4. The van der Waals surface area contributed by atoms with Gasteiger partial charge in [0.1, 0.15) is 6.04 Å². The van der Waals surface area contributed by atoms with Crippen LogP contribution < -0.4 is 5.32 Å². The number of aliphatic hydroxyl groups is 1. The van der Waals surface area contributed by atoms with Crippen molar-refractivity contribution in [3.8, 4) is 0 Å². The molecule has 0 aromatic carbocycles. The number of ether oxygens (including phenoxy) is 1. The lowest BCUT2D eigenvalue weighted by molar-refractivity contribution is -0.126. The first-order valence-electron chi connectivity index (χ1n) is 4.42. The molecule has 0 aromatic heterocycles. The summed E-state index contributed by atoms with van der Waals surface area (Å²) in [5, 5.41) is 11.9. The number of rotatable bonds is 4. The highest BCUT2D eigenvalue weighted by atomic mass is 16.5. The van der Waals surface area contributed by atoms with Crippen molar-refractivity contribution < 1.29 is 19.4 Å². The molecule has 2 N–H and O–H groups in total. The van der Waals surface area contributed by atoms with E-state index in [2.05, 4.69) is 10.1 Å². The van der Waals surface area contributed by atoms with E-state index < -0.39 is 17.7 Å². The number of hydrogen-bond donors (Lipinski definition) is 2. The molecule has 14 heavy (non-hydrogen) atoms. The summed E-state index contributed by atoms with van der Waals surface area (Å²) in [5.41, 5.74) is -1.29. The van der Waals surface area contributed by atoms with Gasteiger partial charge < -0.3 is 15.2 Å². The molecule has 82 valence electrons. The fraction of sp³-hybridized carbons (Fsp3) is 0.778. The minimum atomic E-state index is -1.29. The SMILES string of the molecule is CCC(=O)[C@@H](NC(=O)OC)C(C)(C)O. The van der Waals surface area contributed by atoms with Crippen molar-refractivity contribution in [1.82, 2.24) is 5.32 Å². The number of alkyl carbamates (subject to hydrolysis) is 1. The summed E-state index contributed by atoms with van der Waals surface area (Å²) in [6.07, 6.45) is -0.475. The van der Waals surface area contributed by atoms with E-state index in [1.165, 1.54) is 21.0 Å². The lowest BCUT2D eigenvalue weighted by atomic mass is 9.94. The standard InChI is InChI=1S/C9H17NO4/c1-5-6(11)7(9(2,3)13)10-8(12)14-4/h7,13H,5H2,1-4H3,(H,10,12)/t7-/m1/s1. The average molecular weight is 203 g/mol. The number of hydrogen-bond acceptors (Lipinski definition) is 4. The van der Waals surface area contributed by atoms with Crippen molar-refractivity contribution in [3.63, 3.8) is 0 Å². The number of ketones is 1. The van der Waals surface area contributed by atoms with Gasteiger partial charge in [0.2, 0.25) is 0 Å². The molecule has 1 atom stereocenters. The van der Waals surface area contributed by atoms with Gasteiger partial charge in [0, 0.05) is 6.42 Å². The van der Waals surface area contributed by atoms with Crippen molar-refractivity contribution in [1.29, 1.82) is 0 Å². The molecule has 0 heterocycles. The fourth-order valence-electron chi connectivity index (χ4n) is 1.03. The number of carbonyl (C=O) groups excluding carboxylic acids is 2. The zero-order valence-electron chi connectivity index (χ0n) is 8.96. The Morgan fingerprint density at radius 1 is 1.50 bits per heavy atom. The Labute approximate surface area is 83.4 Å². The minimum absolute atomic E-state index is 0.233. The highest BCUT2D eigenvalue weighted by molar-refractivity contribution is 5.88. The molecule has 1 amide bonds. The Bertz CT molecular complexity index is 219. The summed E-state index contributed by atoms with van der Waals surface area (Å²) in [5.74, 6) is -0.233. The third kappa shape index (κ3) is 3.74. The van der Waals surface area contributed by atoms with Crippen LogP contribution in [-0.2, 0) is 9.53 Å². The van der Waals surface area contributed by atoms with Crippen molar-refractivity contribution >= 4 is 11.9 Å². The molecule has 0 saturated heterocycles. The summed E-state index contributed by atoms with van der Waals surface area (Å²) < 4.78 is 4.36. The van der Waals surface area contributed by atoms with E-state index in [0.29, 0.717) is 0 Å². The smallest absolute Gasteiger partial charge is 0.407 e. The molecule has 0 aliphatic rings. The average Bonchev–Trinajstić information content (AvgIpc) is 2.10. The van der Waals surface area contributed by atoms with Gasteiger partial charge in [-0.3, -0.25) is 4.79 Å². The third-order valence-corrected chi connectivity index (χ3v) is 1.82. The summed E-state index contributed by atoms with van der Waals surface area (Å²) >= 11 is 0. The Kier molecular flexibility index (Phi) is 4.56. The predicted octanol–water partition coefficient (Wildman–Crippen LogP) is 0.461. The van der Waals surface area contributed by atoms with Crippen LogP contribution in [0.1, 0.15) is 27.2 Å². The molecule has 0 aromatic rings. The predicted molar refractivity (Wildman–Crippen MR) is 50.9 cm³/mol. The molecule has 0 radical (unpaired) electrons. The van der Waals surface area contributed by atoms with Crippen molar-refractivity contribution in [2.75, 3.05) is 7.11 Å². The largest absolute Gasteiger partial charge is 0.453 e. The van der Waals surface area contributed by atoms with Crippen molar-refractivity contribution in [2.24, 2.45) is 0 Å². The van der Waals surface area contributed by atoms with Gasteiger partial charge in [-0.25, -0.2) is 4.79 Å². The summed E-state index contributed by atoms with van der Waals surface area (Å²) in [7, 11) is 1.20. The van der Waals surface area contributed by atoms with Crippen LogP contribution >= 0.6 is 0 Å². The van der Waals surface area contributed by atoms with E-state index in [4.69, 9.17) is 0 Å². The highest BCUT2D eigenvalue weighted by Gasteiger charge is 2.33. The second-order valence-corrected chi connectivity index (χ2v) is 3.54. The topological polar surface area (TPSA) is 75.6 Å². The summed E-state index contributed by atoms with van der Waals surface area (Å²) in [4.78, 5) is 22.3. The quantitative estimate of drug-likeness (QED) is 0.696.